The normalized spacial score (nSPS) is 13.9. The highest BCUT2D eigenvalue weighted by Gasteiger charge is 2.46. The van der Waals surface area contributed by atoms with Gasteiger partial charge in [-0.2, -0.15) is 8.78 Å². The molecule has 0 bridgehead atoms. The zero-order valence-electron chi connectivity index (χ0n) is 18.2. The van der Waals surface area contributed by atoms with Crippen LogP contribution in [0.2, 0.25) is 0 Å². The van der Waals surface area contributed by atoms with Crippen molar-refractivity contribution in [1.29, 1.82) is 0 Å². The number of methoxy groups -OCH3 is 1. The van der Waals surface area contributed by atoms with Crippen LogP contribution in [0.1, 0.15) is 31.9 Å². The minimum Gasteiger partial charge on any atom is -0.497 e. The monoisotopic (exact) mass is 436 g/mol. The van der Waals surface area contributed by atoms with Crippen LogP contribution in [0.5, 0.6) is 5.75 Å². The third-order valence-corrected chi connectivity index (χ3v) is 4.42. The molecular formula is C23H30F2N2O4. The van der Waals surface area contributed by atoms with Gasteiger partial charge in [0.15, 0.2) is 0 Å². The summed E-state index contributed by atoms with van der Waals surface area (Å²) in [5.41, 5.74) is -0.326. The highest BCUT2D eigenvalue weighted by molar-refractivity contribution is 5.68. The van der Waals surface area contributed by atoms with Gasteiger partial charge in [0.25, 0.3) is 5.92 Å². The van der Waals surface area contributed by atoms with Crippen molar-refractivity contribution >= 4 is 6.09 Å². The minimum atomic E-state index is -3.53. The lowest BCUT2D eigenvalue weighted by Gasteiger charge is -2.32. The highest BCUT2D eigenvalue weighted by atomic mass is 19.3. The molecule has 3 N–H and O–H groups in total. The Kier molecular flexibility index (Phi) is 8.36. The number of halogens is 2. The van der Waals surface area contributed by atoms with E-state index in [-0.39, 0.29) is 12.1 Å². The van der Waals surface area contributed by atoms with E-state index in [0.717, 1.165) is 5.56 Å². The molecule has 2 aromatic rings. The largest absolute Gasteiger partial charge is 0.497 e. The van der Waals surface area contributed by atoms with Crippen molar-refractivity contribution in [3.05, 3.63) is 65.7 Å². The first-order chi connectivity index (χ1) is 14.5. The average molecular weight is 436 g/mol. The van der Waals surface area contributed by atoms with Crippen LogP contribution in [0.15, 0.2) is 54.6 Å². The second-order valence-corrected chi connectivity index (χ2v) is 8.16. The second kappa shape index (κ2) is 10.5. The van der Waals surface area contributed by atoms with E-state index < -0.39 is 29.8 Å². The molecule has 0 heterocycles. The van der Waals surface area contributed by atoms with Crippen LogP contribution < -0.4 is 15.4 Å². The van der Waals surface area contributed by atoms with Crippen LogP contribution >= 0.6 is 0 Å². The maximum atomic E-state index is 15.2. The van der Waals surface area contributed by atoms with Gasteiger partial charge in [-0.15, -0.1) is 0 Å². The van der Waals surface area contributed by atoms with Crippen LogP contribution in [0.3, 0.4) is 0 Å². The number of alkyl halides is 2. The summed E-state index contributed by atoms with van der Waals surface area (Å²) in [7, 11) is 1.55. The molecule has 8 heteroatoms. The summed E-state index contributed by atoms with van der Waals surface area (Å²) in [6, 6.07) is 12.4. The Balaban J connectivity index is 2.13. The minimum absolute atomic E-state index is 0.180. The van der Waals surface area contributed by atoms with Gasteiger partial charge < -0.3 is 25.2 Å². The number of nitrogens with one attached hydrogen (secondary N) is 2. The Labute approximate surface area is 181 Å². The molecule has 0 aliphatic rings. The second-order valence-electron chi connectivity index (χ2n) is 8.16. The lowest BCUT2D eigenvalue weighted by molar-refractivity contribution is -0.0848. The Morgan fingerprint density at radius 1 is 1.10 bits per heavy atom. The third kappa shape index (κ3) is 7.48. The maximum absolute atomic E-state index is 15.2. The number of rotatable bonds is 9. The Morgan fingerprint density at radius 2 is 1.77 bits per heavy atom. The zero-order valence-corrected chi connectivity index (χ0v) is 18.2. The van der Waals surface area contributed by atoms with Crippen molar-refractivity contribution in [1.82, 2.24) is 10.6 Å². The molecule has 0 aliphatic heterocycles. The van der Waals surface area contributed by atoms with Crippen LogP contribution in [0.4, 0.5) is 13.6 Å². The standard InChI is InChI=1S/C23H30F2N2O4/c1-22(2,3)31-21(29)27-20(23(24,25)17-10-6-5-7-11-17)19(28)15-26-14-16-9-8-12-18(13-16)30-4/h5-13,19-20,26,28H,14-15H2,1-4H3,(H,27,29). The van der Waals surface area contributed by atoms with E-state index in [0.29, 0.717) is 12.3 Å². The smallest absolute Gasteiger partial charge is 0.408 e. The number of aliphatic hydroxyl groups excluding tert-OH is 1. The van der Waals surface area contributed by atoms with E-state index in [1.165, 1.54) is 24.3 Å². The molecule has 2 unspecified atom stereocenters. The van der Waals surface area contributed by atoms with Crippen LogP contribution in [-0.4, -0.2) is 42.6 Å². The molecule has 2 aromatic carbocycles. The van der Waals surface area contributed by atoms with Gasteiger partial charge in [0.2, 0.25) is 0 Å². The molecule has 0 aliphatic carbocycles. The molecule has 0 aromatic heterocycles. The van der Waals surface area contributed by atoms with Gasteiger partial charge >= 0.3 is 6.09 Å². The van der Waals surface area contributed by atoms with E-state index in [2.05, 4.69) is 10.6 Å². The number of hydrogen-bond donors (Lipinski definition) is 3. The Hall–Kier alpha value is -2.71. The quantitative estimate of drug-likeness (QED) is 0.557. The number of aliphatic hydroxyl groups is 1. The molecule has 6 nitrogen and oxygen atoms in total. The van der Waals surface area contributed by atoms with Gasteiger partial charge in [0.1, 0.15) is 17.4 Å². The van der Waals surface area contributed by atoms with Gasteiger partial charge in [0, 0.05) is 18.7 Å². The first kappa shape index (κ1) is 24.6. The summed E-state index contributed by atoms with van der Waals surface area (Å²) in [5, 5.41) is 15.7. The van der Waals surface area contributed by atoms with E-state index in [1.54, 1.807) is 46.1 Å². The van der Waals surface area contributed by atoms with Gasteiger partial charge in [0.05, 0.1) is 13.2 Å². The molecule has 0 spiro atoms. The number of carbonyl (C=O) groups is 1. The van der Waals surface area contributed by atoms with E-state index in [4.69, 9.17) is 9.47 Å². The van der Waals surface area contributed by atoms with Crippen molar-refractivity contribution in [3.8, 4) is 5.75 Å². The Morgan fingerprint density at radius 3 is 2.39 bits per heavy atom. The van der Waals surface area contributed by atoms with Crippen molar-refractivity contribution in [3.63, 3.8) is 0 Å². The summed E-state index contributed by atoms with van der Waals surface area (Å²) in [5.74, 6) is -2.87. The van der Waals surface area contributed by atoms with Gasteiger partial charge in [-0.25, -0.2) is 4.79 Å². The first-order valence-electron chi connectivity index (χ1n) is 9.97. The first-order valence-corrected chi connectivity index (χ1v) is 9.97. The predicted molar refractivity (Wildman–Crippen MR) is 114 cm³/mol. The molecule has 1 amide bonds. The van der Waals surface area contributed by atoms with Crippen LogP contribution in [-0.2, 0) is 17.2 Å². The molecule has 2 atom stereocenters. The number of amides is 1. The molecule has 0 fully saturated rings. The van der Waals surface area contributed by atoms with Gasteiger partial charge in [-0.1, -0.05) is 42.5 Å². The van der Waals surface area contributed by atoms with Crippen molar-refractivity contribution in [2.75, 3.05) is 13.7 Å². The third-order valence-electron chi connectivity index (χ3n) is 4.42. The molecule has 0 saturated heterocycles. The highest BCUT2D eigenvalue weighted by Crippen LogP contribution is 2.33. The zero-order chi connectivity index (χ0) is 23.1. The fourth-order valence-electron chi connectivity index (χ4n) is 2.97. The molecule has 170 valence electrons. The average Bonchev–Trinajstić information content (AvgIpc) is 2.71. The maximum Gasteiger partial charge on any atom is 0.408 e. The topological polar surface area (TPSA) is 79.8 Å². The summed E-state index contributed by atoms with van der Waals surface area (Å²) in [6.45, 7) is 5.03. The molecule has 2 rings (SSSR count). The summed E-state index contributed by atoms with van der Waals surface area (Å²) in [6.07, 6.45) is -2.62. The fourth-order valence-corrected chi connectivity index (χ4v) is 2.97. The summed E-state index contributed by atoms with van der Waals surface area (Å²) < 4.78 is 40.8. The number of ether oxygens (including phenoxy) is 2. The van der Waals surface area contributed by atoms with Gasteiger partial charge in [-0.05, 0) is 38.5 Å². The number of carbonyl (C=O) groups excluding carboxylic acids is 1. The van der Waals surface area contributed by atoms with Crippen LogP contribution in [0, 0.1) is 0 Å². The van der Waals surface area contributed by atoms with Crippen molar-refractivity contribution in [2.24, 2.45) is 0 Å². The lowest BCUT2D eigenvalue weighted by atomic mass is 9.96. The number of benzene rings is 2. The fraction of sp³-hybridized carbons (Fsp3) is 0.435. The summed E-state index contributed by atoms with van der Waals surface area (Å²) >= 11 is 0. The molecule has 31 heavy (non-hydrogen) atoms. The number of alkyl carbamates (subject to hydrolysis) is 1. The molecular weight excluding hydrogens is 406 g/mol. The van der Waals surface area contributed by atoms with Crippen molar-refractivity contribution in [2.45, 2.75) is 51.0 Å². The molecule has 0 radical (unpaired) electrons. The van der Waals surface area contributed by atoms with Crippen molar-refractivity contribution < 1.29 is 28.2 Å². The van der Waals surface area contributed by atoms with Crippen LogP contribution in [0.25, 0.3) is 0 Å². The molecule has 0 saturated carbocycles. The summed E-state index contributed by atoms with van der Waals surface area (Å²) in [4.78, 5) is 12.2. The SMILES string of the molecule is COc1cccc(CNCC(O)C(NC(=O)OC(C)(C)C)C(F)(F)c2ccccc2)c1. The van der Waals surface area contributed by atoms with Gasteiger partial charge in [-0.3, -0.25) is 0 Å². The lowest BCUT2D eigenvalue weighted by Crippen LogP contribution is -2.56. The van der Waals surface area contributed by atoms with E-state index in [9.17, 15) is 9.90 Å². The predicted octanol–water partition coefficient (Wildman–Crippen LogP) is 3.83. The van der Waals surface area contributed by atoms with E-state index in [1.807, 2.05) is 12.1 Å². The number of hydrogen-bond acceptors (Lipinski definition) is 5. The Bertz CT molecular complexity index is 841. The van der Waals surface area contributed by atoms with E-state index >= 15 is 8.78 Å².